The maximum atomic E-state index is 12.2. The minimum atomic E-state index is -0.333. The average molecular weight is 430 g/mol. The zero-order valence-electron chi connectivity index (χ0n) is 17.8. The third-order valence-corrected chi connectivity index (χ3v) is 4.76. The van der Waals surface area contributed by atoms with E-state index in [9.17, 15) is 9.59 Å². The van der Waals surface area contributed by atoms with Gasteiger partial charge in [-0.15, -0.1) is 0 Å². The Hall–Kier alpha value is -4.13. The van der Waals surface area contributed by atoms with Crippen LogP contribution in [0.15, 0.2) is 71.1 Å². The van der Waals surface area contributed by atoms with Gasteiger partial charge in [0.2, 0.25) is 5.89 Å². The Morgan fingerprint density at radius 2 is 1.81 bits per heavy atom. The molecule has 0 bridgehead atoms. The highest BCUT2D eigenvalue weighted by Gasteiger charge is 2.11. The fraction of sp³-hybridized carbons (Fsp3) is 0.160. The summed E-state index contributed by atoms with van der Waals surface area (Å²) in [5.41, 5.74) is 4.54. The topological polar surface area (TPSA) is 90.7 Å². The van der Waals surface area contributed by atoms with Crippen molar-refractivity contribution in [1.82, 2.24) is 4.98 Å². The van der Waals surface area contributed by atoms with E-state index < -0.39 is 0 Å². The fourth-order valence-electron chi connectivity index (χ4n) is 3.13. The van der Waals surface area contributed by atoms with Gasteiger partial charge in [0, 0.05) is 18.2 Å². The van der Waals surface area contributed by atoms with Crippen LogP contribution in [-0.2, 0) is 20.9 Å². The number of nitrogens with one attached hydrogen (secondary N) is 1. The largest absolute Gasteiger partial charge is 0.483 e. The quantitative estimate of drug-likeness (QED) is 0.420. The number of carbonyl (C=O) groups excluding carboxylic acids is 2. The van der Waals surface area contributed by atoms with Crippen molar-refractivity contribution < 1.29 is 23.5 Å². The zero-order valence-corrected chi connectivity index (χ0v) is 17.8. The van der Waals surface area contributed by atoms with Crippen LogP contribution in [-0.4, -0.2) is 23.5 Å². The fourth-order valence-corrected chi connectivity index (χ4v) is 3.13. The normalized spacial score (nSPS) is 10.7. The van der Waals surface area contributed by atoms with Gasteiger partial charge < -0.3 is 19.2 Å². The van der Waals surface area contributed by atoms with Gasteiger partial charge in [-0.25, -0.2) is 4.98 Å². The minimum absolute atomic E-state index is 0.0760. The lowest BCUT2D eigenvalue weighted by Crippen LogP contribution is -2.20. The van der Waals surface area contributed by atoms with E-state index in [0.717, 1.165) is 16.7 Å². The van der Waals surface area contributed by atoms with Gasteiger partial charge in [0.15, 0.2) is 12.2 Å². The molecule has 1 heterocycles. The lowest BCUT2D eigenvalue weighted by Gasteiger charge is -2.09. The first-order chi connectivity index (χ1) is 15.5. The van der Waals surface area contributed by atoms with Gasteiger partial charge in [-0.1, -0.05) is 24.3 Å². The standard InChI is InChI=1S/C25H22N2O5/c1-16-5-3-4-6-22(16)31-15-24(29)26-20-10-8-19(9-11-20)25-27-21-13-18(14-30-17(2)28)7-12-23(21)32-25/h3-13H,14-15H2,1-2H3,(H,26,29). The van der Waals surface area contributed by atoms with Gasteiger partial charge in [0.05, 0.1) is 0 Å². The Kier molecular flexibility index (Phi) is 6.17. The summed E-state index contributed by atoms with van der Waals surface area (Å²) in [7, 11) is 0. The number of aryl methyl sites for hydroxylation is 1. The summed E-state index contributed by atoms with van der Waals surface area (Å²) in [6.45, 7) is 3.41. The highest BCUT2D eigenvalue weighted by atomic mass is 16.5. The van der Waals surface area contributed by atoms with Crippen molar-refractivity contribution in [1.29, 1.82) is 0 Å². The predicted molar refractivity (Wildman–Crippen MR) is 120 cm³/mol. The molecular weight excluding hydrogens is 408 g/mol. The van der Waals surface area contributed by atoms with Crippen LogP contribution in [0.1, 0.15) is 18.1 Å². The van der Waals surface area contributed by atoms with Gasteiger partial charge in [-0.05, 0) is 60.5 Å². The first-order valence-corrected chi connectivity index (χ1v) is 10.1. The Bertz CT molecular complexity index is 1260. The zero-order chi connectivity index (χ0) is 22.5. The Morgan fingerprint density at radius 3 is 2.56 bits per heavy atom. The number of esters is 1. The summed E-state index contributed by atoms with van der Waals surface area (Å²) >= 11 is 0. The Morgan fingerprint density at radius 1 is 1.03 bits per heavy atom. The lowest BCUT2D eigenvalue weighted by molar-refractivity contribution is -0.142. The Labute approximate surface area is 185 Å². The molecule has 0 atom stereocenters. The summed E-state index contributed by atoms with van der Waals surface area (Å²) in [5.74, 6) is 0.568. The molecule has 1 aromatic heterocycles. The highest BCUT2D eigenvalue weighted by Crippen LogP contribution is 2.26. The number of fused-ring (bicyclic) bond motifs is 1. The summed E-state index contributed by atoms with van der Waals surface area (Å²) in [5, 5.41) is 2.81. The lowest BCUT2D eigenvalue weighted by atomic mass is 10.2. The maximum Gasteiger partial charge on any atom is 0.302 e. The van der Waals surface area contributed by atoms with Gasteiger partial charge in [0.25, 0.3) is 5.91 Å². The van der Waals surface area contributed by atoms with E-state index in [2.05, 4.69) is 10.3 Å². The van der Waals surface area contributed by atoms with Crippen molar-refractivity contribution in [2.45, 2.75) is 20.5 Å². The molecule has 7 nitrogen and oxygen atoms in total. The van der Waals surface area contributed by atoms with Crippen LogP contribution in [0.5, 0.6) is 5.75 Å². The monoisotopic (exact) mass is 430 g/mol. The summed E-state index contributed by atoms with van der Waals surface area (Å²) in [6.07, 6.45) is 0. The minimum Gasteiger partial charge on any atom is -0.483 e. The van der Waals surface area contributed by atoms with Crippen LogP contribution in [0.25, 0.3) is 22.6 Å². The SMILES string of the molecule is CC(=O)OCc1ccc2oc(-c3ccc(NC(=O)COc4ccccc4C)cc3)nc2c1. The van der Waals surface area contributed by atoms with E-state index in [0.29, 0.717) is 28.4 Å². The number of amides is 1. The number of oxazole rings is 1. The van der Waals surface area contributed by atoms with Crippen molar-refractivity contribution in [2.75, 3.05) is 11.9 Å². The molecule has 0 aliphatic carbocycles. The van der Waals surface area contributed by atoms with E-state index >= 15 is 0 Å². The molecule has 1 amide bonds. The van der Waals surface area contributed by atoms with E-state index in [1.807, 2.05) is 55.5 Å². The molecule has 0 aliphatic rings. The first-order valence-electron chi connectivity index (χ1n) is 10.1. The molecule has 0 radical (unpaired) electrons. The van der Waals surface area contributed by atoms with Crippen LogP contribution in [0.4, 0.5) is 5.69 Å². The van der Waals surface area contributed by atoms with Crippen molar-refractivity contribution in [3.05, 3.63) is 77.9 Å². The number of rotatable bonds is 7. The number of hydrogen-bond acceptors (Lipinski definition) is 6. The van der Waals surface area contributed by atoms with Crippen molar-refractivity contribution in [2.24, 2.45) is 0 Å². The van der Waals surface area contributed by atoms with E-state index in [-0.39, 0.29) is 25.1 Å². The maximum absolute atomic E-state index is 12.2. The van der Waals surface area contributed by atoms with Crippen LogP contribution < -0.4 is 10.1 Å². The van der Waals surface area contributed by atoms with Gasteiger partial charge in [-0.3, -0.25) is 9.59 Å². The second kappa shape index (κ2) is 9.34. The Balaban J connectivity index is 1.39. The molecular formula is C25H22N2O5. The molecule has 0 saturated heterocycles. The van der Waals surface area contributed by atoms with E-state index in [1.165, 1.54) is 6.92 Å². The molecule has 0 saturated carbocycles. The predicted octanol–water partition coefficient (Wildman–Crippen LogP) is 4.88. The number of carbonyl (C=O) groups is 2. The number of benzene rings is 3. The smallest absolute Gasteiger partial charge is 0.302 e. The molecule has 162 valence electrons. The van der Waals surface area contributed by atoms with Crippen LogP contribution >= 0.6 is 0 Å². The van der Waals surface area contributed by atoms with Gasteiger partial charge in [0.1, 0.15) is 17.9 Å². The molecule has 0 spiro atoms. The second-order valence-electron chi connectivity index (χ2n) is 7.28. The van der Waals surface area contributed by atoms with Gasteiger partial charge in [-0.2, -0.15) is 0 Å². The number of aromatic nitrogens is 1. The van der Waals surface area contributed by atoms with Crippen LogP contribution in [0.2, 0.25) is 0 Å². The van der Waals surface area contributed by atoms with Crippen molar-refractivity contribution in [3.63, 3.8) is 0 Å². The molecule has 3 aromatic carbocycles. The second-order valence-corrected chi connectivity index (χ2v) is 7.28. The molecule has 4 rings (SSSR count). The van der Waals surface area contributed by atoms with Crippen LogP contribution in [0.3, 0.4) is 0 Å². The number of para-hydroxylation sites is 1. The molecule has 0 unspecified atom stereocenters. The summed E-state index contributed by atoms with van der Waals surface area (Å²) in [4.78, 5) is 27.7. The molecule has 4 aromatic rings. The highest BCUT2D eigenvalue weighted by molar-refractivity contribution is 5.92. The van der Waals surface area contributed by atoms with Crippen molar-refractivity contribution in [3.8, 4) is 17.2 Å². The number of hydrogen-bond donors (Lipinski definition) is 1. The molecule has 32 heavy (non-hydrogen) atoms. The molecule has 1 N–H and O–H groups in total. The van der Waals surface area contributed by atoms with E-state index in [1.54, 1.807) is 18.2 Å². The van der Waals surface area contributed by atoms with Gasteiger partial charge >= 0.3 is 5.97 Å². The third-order valence-electron chi connectivity index (χ3n) is 4.76. The molecule has 7 heteroatoms. The van der Waals surface area contributed by atoms with E-state index in [4.69, 9.17) is 13.9 Å². The number of ether oxygens (including phenoxy) is 2. The van der Waals surface area contributed by atoms with Crippen LogP contribution in [0, 0.1) is 6.92 Å². The van der Waals surface area contributed by atoms with Crippen molar-refractivity contribution >= 4 is 28.7 Å². The third kappa shape index (κ3) is 5.13. The molecule has 0 fully saturated rings. The molecule has 0 aliphatic heterocycles. The summed E-state index contributed by atoms with van der Waals surface area (Å²) < 4.78 is 16.4. The number of nitrogens with zero attached hydrogens (tertiary/aromatic N) is 1. The first kappa shape index (κ1) is 21.1. The summed E-state index contributed by atoms with van der Waals surface area (Å²) in [6, 6.07) is 20.2. The average Bonchev–Trinajstić information content (AvgIpc) is 3.21. The number of anilines is 1.